The highest BCUT2D eigenvalue weighted by Gasteiger charge is 2.26. The number of aromatic nitrogens is 1. The highest BCUT2D eigenvalue weighted by molar-refractivity contribution is 6.33. The lowest BCUT2D eigenvalue weighted by Crippen LogP contribution is -2.52. The number of anilines is 2. The normalized spacial score (nSPS) is 16.9. The van der Waals surface area contributed by atoms with Gasteiger partial charge in [0, 0.05) is 32.2 Å². The smallest absolute Gasteiger partial charge is 0.242 e. The highest BCUT2D eigenvalue weighted by atomic mass is 35.5. The van der Waals surface area contributed by atoms with Crippen LogP contribution in [-0.2, 0) is 4.79 Å². The van der Waals surface area contributed by atoms with Crippen molar-refractivity contribution in [1.82, 2.24) is 10.1 Å². The molecule has 0 spiro atoms. The fourth-order valence-corrected chi connectivity index (χ4v) is 3.14. The van der Waals surface area contributed by atoms with Crippen molar-refractivity contribution in [3.05, 3.63) is 41.1 Å². The van der Waals surface area contributed by atoms with Crippen LogP contribution in [0.5, 0.6) is 0 Å². The highest BCUT2D eigenvalue weighted by Crippen LogP contribution is 2.26. The monoisotopic (exact) mass is 348 g/mol. The summed E-state index contributed by atoms with van der Waals surface area (Å²) in [4.78, 5) is 16.8. The maximum Gasteiger partial charge on any atom is 0.242 e. The number of piperazine rings is 1. The van der Waals surface area contributed by atoms with Gasteiger partial charge in [-0.25, -0.2) is 0 Å². The van der Waals surface area contributed by atoms with E-state index in [1.807, 2.05) is 31.2 Å². The zero-order valence-electron chi connectivity index (χ0n) is 13.8. The van der Waals surface area contributed by atoms with Crippen LogP contribution in [0.15, 0.2) is 34.9 Å². The van der Waals surface area contributed by atoms with Crippen LogP contribution in [0.1, 0.15) is 12.7 Å². The fraction of sp³-hybridized carbons (Fsp3) is 0.412. The van der Waals surface area contributed by atoms with Gasteiger partial charge in [0.05, 0.1) is 16.8 Å². The second-order valence-electron chi connectivity index (χ2n) is 5.96. The number of aryl methyl sites for hydroxylation is 1. The van der Waals surface area contributed by atoms with Crippen molar-refractivity contribution >= 4 is 29.0 Å². The van der Waals surface area contributed by atoms with Gasteiger partial charge in [-0.3, -0.25) is 9.69 Å². The van der Waals surface area contributed by atoms with Gasteiger partial charge >= 0.3 is 0 Å². The molecule has 0 unspecified atom stereocenters. The van der Waals surface area contributed by atoms with Gasteiger partial charge in [0.15, 0.2) is 5.82 Å². The summed E-state index contributed by atoms with van der Waals surface area (Å²) in [6.45, 7) is 6.98. The molecule has 1 N–H and O–H groups in total. The number of halogens is 1. The van der Waals surface area contributed by atoms with E-state index in [1.165, 1.54) is 0 Å². The molecule has 1 aliphatic heterocycles. The van der Waals surface area contributed by atoms with Crippen LogP contribution in [-0.4, -0.2) is 48.2 Å². The molecule has 6 nitrogen and oxygen atoms in total. The number of carbonyl (C=O) groups excluding carboxylic acids is 1. The Bertz CT molecular complexity index is 710. The number of carbonyl (C=O) groups is 1. The molecule has 7 heteroatoms. The summed E-state index contributed by atoms with van der Waals surface area (Å²) in [7, 11) is 0. The number of para-hydroxylation sites is 1. The van der Waals surface area contributed by atoms with E-state index < -0.39 is 0 Å². The van der Waals surface area contributed by atoms with Gasteiger partial charge in [0.2, 0.25) is 5.91 Å². The molecule has 0 bridgehead atoms. The van der Waals surface area contributed by atoms with Crippen molar-refractivity contribution < 1.29 is 9.32 Å². The molecule has 1 aromatic heterocycles. The lowest BCUT2D eigenvalue weighted by Gasteiger charge is -2.38. The summed E-state index contributed by atoms with van der Waals surface area (Å²) in [6, 6.07) is 9.33. The van der Waals surface area contributed by atoms with E-state index in [9.17, 15) is 4.79 Å². The van der Waals surface area contributed by atoms with Crippen molar-refractivity contribution in [2.24, 2.45) is 0 Å². The molecule has 24 heavy (non-hydrogen) atoms. The Balaban J connectivity index is 1.56. The number of rotatable bonds is 4. The number of amides is 1. The lowest BCUT2D eigenvalue weighted by atomic mass is 10.2. The summed E-state index contributed by atoms with van der Waals surface area (Å²) in [6.07, 6.45) is 0. The molecule has 1 atom stereocenters. The van der Waals surface area contributed by atoms with E-state index in [-0.39, 0.29) is 11.9 Å². The number of nitrogens with zero attached hydrogens (tertiary/aromatic N) is 3. The molecule has 1 amide bonds. The second-order valence-corrected chi connectivity index (χ2v) is 6.37. The first kappa shape index (κ1) is 16.8. The molecule has 0 saturated carbocycles. The summed E-state index contributed by atoms with van der Waals surface area (Å²) in [5.74, 6) is 1.06. The van der Waals surface area contributed by atoms with E-state index in [0.717, 1.165) is 36.9 Å². The zero-order valence-corrected chi connectivity index (χ0v) is 14.6. The van der Waals surface area contributed by atoms with Crippen LogP contribution in [0.3, 0.4) is 0 Å². The second kappa shape index (κ2) is 7.23. The lowest BCUT2D eigenvalue weighted by molar-refractivity contribution is -0.120. The molecule has 3 rings (SSSR count). The Morgan fingerprint density at radius 1 is 1.29 bits per heavy atom. The minimum atomic E-state index is -0.226. The first-order valence-corrected chi connectivity index (χ1v) is 8.40. The quantitative estimate of drug-likeness (QED) is 0.920. The summed E-state index contributed by atoms with van der Waals surface area (Å²) >= 11 is 6.26. The van der Waals surface area contributed by atoms with Crippen LogP contribution in [0.4, 0.5) is 11.5 Å². The Hall–Kier alpha value is -2.05. The first-order valence-electron chi connectivity index (χ1n) is 8.02. The van der Waals surface area contributed by atoms with Crippen LogP contribution >= 0.6 is 11.6 Å². The largest absolute Gasteiger partial charge is 0.368 e. The molecule has 1 aliphatic rings. The third kappa shape index (κ3) is 3.71. The number of nitrogens with one attached hydrogen (secondary N) is 1. The van der Waals surface area contributed by atoms with Gasteiger partial charge in [-0.1, -0.05) is 28.9 Å². The number of hydrogen-bond donors (Lipinski definition) is 1. The molecule has 2 aromatic rings. The van der Waals surface area contributed by atoms with Gasteiger partial charge in [-0.15, -0.1) is 0 Å². The molecule has 1 fully saturated rings. The van der Waals surface area contributed by atoms with Crippen molar-refractivity contribution in [1.29, 1.82) is 0 Å². The Morgan fingerprint density at radius 3 is 2.62 bits per heavy atom. The van der Waals surface area contributed by atoms with Crippen molar-refractivity contribution in [3.8, 4) is 0 Å². The van der Waals surface area contributed by atoms with Crippen LogP contribution in [0, 0.1) is 6.92 Å². The van der Waals surface area contributed by atoms with Gasteiger partial charge in [0.25, 0.3) is 0 Å². The van der Waals surface area contributed by atoms with Crippen molar-refractivity contribution in [2.45, 2.75) is 19.9 Å². The molecule has 1 saturated heterocycles. The molecular weight excluding hydrogens is 328 g/mol. The number of benzene rings is 1. The summed E-state index contributed by atoms with van der Waals surface area (Å²) < 4.78 is 4.97. The summed E-state index contributed by atoms with van der Waals surface area (Å²) in [5.41, 5.74) is 1.05. The molecule has 0 radical (unpaired) electrons. The molecular formula is C17H21ClN4O2. The SMILES string of the molecule is Cc1cc(NC(=O)[C@@H](C)N2CCN(c3ccccc3Cl)CC2)no1. The molecule has 1 aromatic carbocycles. The van der Waals surface area contributed by atoms with Gasteiger partial charge in [-0.05, 0) is 26.0 Å². The Labute approximate surface area is 146 Å². The maximum atomic E-state index is 12.4. The molecule has 0 aliphatic carbocycles. The Kier molecular flexibility index (Phi) is 5.06. The standard InChI is InChI=1S/C17H21ClN4O2/c1-12-11-16(20-24-12)19-17(23)13(2)21-7-9-22(10-8-21)15-6-4-3-5-14(15)18/h3-6,11,13H,7-10H2,1-2H3,(H,19,20,23)/t13-/m1/s1. The maximum absolute atomic E-state index is 12.4. The topological polar surface area (TPSA) is 61.6 Å². The van der Waals surface area contributed by atoms with E-state index in [0.29, 0.717) is 11.6 Å². The minimum absolute atomic E-state index is 0.0745. The van der Waals surface area contributed by atoms with Crippen LogP contribution < -0.4 is 10.2 Å². The van der Waals surface area contributed by atoms with Crippen molar-refractivity contribution in [2.75, 3.05) is 36.4 Å². The average molecular weight is 349 g/mol. The average Bonchev–Trinajstić information content (AvgIpc) is 2.99. The van der Waals surface area contributed by atoms with Crippen molar-refractivity contribution in [3.63, 3.8) is 0 Å². The van der Waals surface area contributed by atoms with E-state index in [1.54, 1.807) is 13.0 Å². The van der Waals surface area contributed by atoms with Crippen LogP contribution in [0.25, 0.3) is 0 Å². The Morgan fingerprint density at radius 2 is 2.00 bits per heavy atom. The van der Waals surface area contributed by atoms with E-state index in [4.69, 9.17) is 16.1 Å². The van der Waals surface area contributed by atoms with Gasteiger partial charge in [0.1, 0.15) is 5.76 Å². The molecule has 128 valence electrons. The third-order valence-electron chi connectivity index (χ3n) is 4.31. The molecule has 2 heterocycles. The fourth-order valence-electron chi connectivity index (χ4n) is 2.88. The van der Waals surface area contributed by atoms with Gasteiger partial charge in [-0.2, -0.15) is 0 Å². The predicted molar refractivity (Wildman–Crippen MR) is 94.6 cm³/mol. The zero-order chi connectivity index (χ0) is 17.1. The van der Waals surface area contributed by atoms with E-state index in [2.05, 4.69) is 20.3 Å². The minimum Gasteiger partial charge on any atom is -0.368 e. The summed E-state index contributed by atoms with van der Waals surface area (Å²) in [5, 5.41) is 7.35. The van der Waals surface area contributed by atoms with Gasteiger partial charge < -0.3 is 14.7 Å². The van der Waals surface area contributed by atoms with Crippen LogP contribution in [0.2, 0.25) is 5.02 Å². The van der Waals surface area contributed by atoms with E-state index >= 15 is 0 Å². The third-order valence-corrected chi connectivity index (χ3v) is 4.63. The predicted octanol–water partition coefficient (Wildman–Crippen LogP) is 2.79. The number of hydrogen-bond acceptors (Lipinski definition) is 5. The first-order chi connectivity index (χ1) is 11.5.